The molecule has 0 bridgehead atoms. The summed E-state index contributed by atoms with van der Waals surface area (Å²) in [5.74, 6) is -0.277. The second-order valence-corrected chi connectivity index (χ2v) is 6.75. The van der Waals surface area contributed by atoms with Crippen LogP contribution in [0.4, 0.5) is 5.69 Å². The number of carbonyl (C=O) groups excluding carboxylic acids is 2. The summed E-state index contributed by atoms with van der Waals surface area (Å²) in [6.07, 6.45) is 2.02. The molecule has 0 spiro atoms. The van der Waals surface area contributed by atoms with Crippen LogP contribution in [0.25, 0.3) is 0 Å². The number of amides is 2. The number of benzene rings is 2. The standard InChI is InChI=1S/C21H25N3O2/c1-15-19(12-7-13-22-15)23-20(25)16-8-6-9-17(14-16)21(26)24(2)18-10-4-3-5-11-18/h3-6,8-11,14-15,19,22H,7,12-13H2,1-2H3,(H,23,25). The monoisotopic (exact) mass is 351 g/mol. The summed E-state index contributed by atoms with van der Waals surface area (Å²) in [6, 6.07) is 16.7. The molecule has 1 aliphatic heterocycles. The molecule has 5 nitrogen and oxygen atoms in total. The van der Waals surface area contributed by atoms with Crippen LogP contribution < -0.4 is 15.5 Å². The van der Waals surface area contributed by atoms with Gasteiger partial charge in [-0.25, -0.2) is 0 Å². The third-order valence-electron chi connectivity index (χ3n) is 4.90. The lowest BCUT2D eigenvalue weighted by molar-refractivity contribution is 0.0920. The molecule has 1 fully saturated rings. The SMILES string of the molecule is CC1NCCCC1NC(=O)c1cccc(C(=O)N(C)c2ccccc2)c1. The molecule has 2 unspecified atom stereocenters. The highest BCUT2D eigenvalue weighted by atomic mass is 16.2. The Morgan fingerprint density at radius 2 is 1.81 bits per heavy atom. The molecule has 1 saturated heterocycles. The van der Waals surface area contributed by atoms with E-state index in [9.17, 15) is 9.59 Å². The highest BCUT2D eigenvalue weighted by molar-refractivity contribution is 6.07. The summed E-state index contributed by atoms with van der Waals surface area (Å²) in [5.41, 5.74) is 1.82. The van der Waals surface area contributed by atoms with Crippen molar-refractivity contribution >= 4 is 17.5 Å². The number of hydrogen-bond donors (Lipinski definition) is 2. The topological polar surface area (TPSA) is 61.4 Å². The Morgan fingerprint density at radius 1 is 1.08 bits per heavy atom. The highest BCUT2D eigenvalue weighted by Crippen LogP contribution is 2.16. The fourth-order valence-corrected chi connectivity index (χ4v) is 3.25. The second kappa shape index (κ2) is 8.15. The van der Waals surface area contributed by atoms with Gasteiger partial charge < -0.3 is 15.5 Å². The Balaban J connectivity index is 1.73. The van der Waals surface area contributed by atoms with Crippen LogP contribution in [0.15, 0.2) is 54.6 Å². The molecule has 2 aromatic carbocycles. The van der Waals surface area contributed by atoms with Crippen LogP contribution >= 0.6 is 0 Å². The number of rotatable bonds is 4. The number of piperidine rings is 1. The highest BCUT2D eigenvalue weighted by Gasteiger charge is 2.23. The molecule has 136 valence electrons. The van der Waals surface area contributed by atoms with Gasteiger partial charge in [0.15, 0.2) is 0 Å². The van der Waals surface area contributed by atoms with E-state index in [1.54, 1.807) is 36.2 Å². The molecule has 1 aliphatic rings. The van der Waals surface area contributed by atoms with Crippen LogP contribution in [0.1, 0.15) is 40.5 Å². The lowest BCUT2D eigenvalue weighted by Gasteiger charge is -2.30. The Kier molecular flexibility index (Phi) is 5.68. The van der Waals surface area contributed by atoms with E-state index in [4.69, 9.17) is 0 Å². The number of hydrogen-bond acceptors (Lipinski definition) is 3. The second-order valence-electron chi connectivity index (χ2n) is 6.75. The third-order valence-corrected chi connectivity index (χ3v) is 4.90. The number of anilines is 1. The van der Waals surface area contributed by atoms with Crippen LogP contribution in [0.3, 0.4) is 0 Å². The van der Waals surface area contributed by atoms with E-state index in [1.165, 1.54) is 0 Å². The molecule has 0 aliphatic carbocycles. The van der Waals surface area contributed by atoms with E-state index in [1.807, 2.05) is 30.3 Å². The van der Waals surface area contributed by atoms with E-state index in [-0.39, 0.29) is 23.9 Å². The van der Waals surface area contributed by atoms with Gasteiger partial charge >= 0.3 is 0 Å². The Bertz CT molecular complexity index is 776. The van der Waals surface area contributed by atoms with Crippen LogP contribution in [0.5, 0.6) is 0 Å². The van der Waals surface area contributed by atoms with Gasteiger partial charge in [-0.05, 0) is 56.6 Å². The van der Waals surface area contributed by atoms with Crippen molar-refractivity contribution in [2.24, 2.45) is 0 Å². The zero-order valence-corrected chi connectivity index (χ0v) is 15.2. The van der Waals surface area contributed by atoms with Gasteiger partial charge in [0.1, 0.15) is 0 Å². The average molecular weight is 351 g/mol. The van der Waals surface area contributed by atoms with Crippen molar-refractivity contribution in [3.05, 3.63) is 65.7 Å². The maximum absolute atomic E-state index is 12.7. The van der Waals surface area contributed by atoms with Crippen molar-refractivity contribution in [2.45, 2.75) is 31.8 Å². The molecule has 0 aromatic heterocycles. The van der Waals surface area contributed by atoms with Crippen LogP contribution in [-0.4, -0.2) is 37.5 Å². The Morgan fingerprint density at radius 3 is 2.54 bits per heavy atom. The lowest BCUT2D eigenvalue weighted by Crippen LogP contribution is -2.51. The van der Waals surface area contributed by atoms with Crippen molar-refractivity contribution in [1.82, 2.24) is 10.6 Å². The van der Waals surface area contributed by atoms with Crippen LogP contribution in [0.2, 0.25) is 0 Å². The first-order chi connectivity index (χ1) is 12.6. The normalized spacial score (nSPS) is 19.6. The predicted octanol–water partition coefficient (Wildman–Crippen LogP) is 2.83. The van der Waals surface area contributed by atoms with Crippen molar-refractivity contribution in [3.63, 3.8) is 0 Å². The summed E-state index contributed by atoms with van der Waals surface area (Å²) in [5, 5.41) is 6.46. The van der Waals surface area contributed by atoms with Crippen molar-refractivity contribution in [2.75, 3.05) is 18.5 Å². The average Bonchev–Trinajstić information content (AvgIpc) is 2.69. The van der Waals surface area contributed by atoms with Gasteiger partial charge in [-0.15, -0.1) is 0 Å². The molecule has 1 heterocycles. The molecule has 2 amide bonds. The van der Waals surface area contributed by atoms with E-state index < -0.39 is 0 Å². The molecular weight excluding hydrogens is 326 g/mol. The van der Waals surface area contributed by atoms with Gasteiger partial charge in [-0.1, -0.05) is 24.3 Å². The minimum atomic E-state index is -0.140. The van der Waals surface area contributed by atoms with Gasteiger partial charge in [0, 0.05) is 35.9 Å². The summed E-state index contributed by atoms with van der Waals surface area (Å²) in [6.45, 7) is 3.07. The molecule has 2 aromatic rings. The first-order valence-electron chi connectivity index (χ1n) is 9.03. The molecule has 2 atom stereocenters. The molecular formula is C21H25N3O2. The smallest absolute Gasteiger partial charge is 0.258 e. The van der Waals surface area contributed by atoms with Gasteiger partial charge in [-0.3, -0.25) is 9.59 Å². The van der Waals surface area contributed by atoms with E-state index >= 15 is 0 Å². The number of nitrogens with one attached hydrogen (secondary N) is 2. The number of nitrogens with zero attached hydrogens (tertiary/aromatic N) is 1. The fraction of sp³-hybridized carbons (Fsp3) is 0.333. The summed E-state index contributed by atoms with van der Waals surface area (Å²) >= 11 is 0. The maximum Gasteiger partial charge on any atom is 0.258 e. The van der Waals surface area contributed by atoms with E-state index in [0.717, 1.165) is 25.1 Å². The summed E-state index contributed by atoms with van der Waals surface area (Å²) < 4.78 is 0. The van der Waals surface area contributed by atoms with Crippen molar-refractivity contribution in [1.29, 1.82) is 0 Å². The molecule has 0 radical (unpaired) electrons. The lowest BCUT2D eigenvalue weighted by atomic mass is 9.99. The Labute approximate surface area is 154 Å². The predicted molar refractivity (Wildman–Crippen MR) is 104 cm³/mol. The minimum Gasteiger partial charge on any atom is -0.348 e. The number of carbonyl (C=O) groups is 2. The minimum absolute atomic E-state index is 0.114. The van der Waals surface area contributed by atoms with Crippen molar-refractivity contribution in [3.8, 4) is 0 Å². The van der Waals surface area contributed by atoms with Crippen LogP contribution in [-0.2, 0) is 0 Å². The zero-order chi connectivity index (χ0) is 18.5. The Hall–Kier alpha value is -2.66. The molecule has 0 saturated carbocycles. The van der Waals surface area contributed by atoms with E-state index in [2.05, 4.69) is 17.6 Å². The quantitative estimate of drug-likeness (QED) is 0.890. The van der Waals surface area contributed by atoms with Gasteiger partial charge in [0.05, 0.1) is 0 Å². The molecule has 2 N–H and O–H groups in total. The molecule has 3 rings (SSSR count). The largest absolute Gasteiger partial charge is 0.348 e. The van der Waals surface area contributed by atoms with Gasteiger partial charge in [-0.2, -0.15) is 0 Å². The third kappa shape index (κ3) is 4.11. The van der Waals surface area contributed by atoms with Gasteiger partial charge in [0.2, 0.25) is 0 Å². The number of para-hydroxylation sites is 1. The summed E-state index contributed by atoms with van der Waals surface area (Å²) in [7, 11) is 1.74. The fourth-order valence-electron chi connectivity index (χ4n) is 3.25. The van der Waals surface area contributed by atoms with Gasteiger partial charge in [0.25, 0.3) is 11.8 Å². The maximum atomic E-state index is 12.7. The first kappa shape index (κ1) is 18.1. The first-order valence-corrected chi connectivity index (χ1v) is 9.03. The molecule has 5 heteroatoms. The van der Waals surface area contributed by atoms with E-state index in [0.29, 0.717) is 11.1 Å². The summed E-state index contributed by atoms with van der Waals surface area (Å²) in [4.78, 5) is 26.9. The van der Waals surface area contributed by atoms with Crippen molar-refractivity contribution < 1.29 is 9.59 Å². The molecule has 26 heavy (non-hydrogen) atoms. The zero-order valence-electron chi connectivity index (χ0n) is 15.2. The van der Waals surface area contributed by atoms with Crippen LogP contribution in [0, 0.1) is 0 Å².